The Kier molecular flexibility index (Phi) is 5.56. The topological polar surface area (TPSA) is 93.1 Å². The fraction of sp³-hybridized carbons (Fsp3) is 0.368. The maximum atomic E-state index is 12.2. The van der Waals surface area contributed by atoms with Gasteiger partial charge in [0.15, 0.2) is 6.23 Å². The van der Waals surface area contributed by atoms with Crippen molar-refractivity contribution < 1.29 is 18.6 Å². The van der Waals surface area contributed by atoms with Crippen LogP contribution in [0, 0.1) is 0 Å². The fourth-order valence-corrected chi connectivity index (χ4v) is 5.57. The number of rotatable bonds is 5. The summed E-state index contributed by atoms with van der Waals surface area (Å²) < 4.78 is 25.7. The van der Waals surface area contributed by atoms with Gasteiger partial charge in [-0.25, -0.2) is 8.42 Å². The maximum Gasteiger partial charge on any atom is 0.235 e. The molecular weight excluding hydrogens is 437 g/mol. The second kappa shape index (κ2) is 7.85. The highest BCUT2D eigenvalue weighted by molar-refractivity contribution is 7.93. The van der Waals surface area contributed by atoms with Crippen molar-refractivity contribution in [2.45, 2.75) is 18.8 Å². The van der Waals surface area contributed by atoms with E-state index in [0.717, 1.165) is 5.69 Å². The lowest BCUT2D eigenvalue weighted by molar-refractivity contribution is 0.142. The van der Waals surface area contributed by atoms with Gasteiger partial charge in [-0.1, -0.05) is 23.2 Å². The van der Waals surface area contributed by atoms with Gasteiger partial charge in [0.25, 0.3) is 0 Å². The molecule has 2 aliphatic rings. The number of aliphatic hydroxyl groups excluding tert-OH is 2. The number of aliphatic hydroxyl groups is 2. The van der Waals surface area contributed by atoms with E-state index in [9.17, 15) is 18.6 Å². The van der Waals surface area contributed by atoms with Crippen LogP contribution in [0.15, 0.2) is 36.4 Å². The zero-order valence-corrected chi connectivity index (χ0v) is 17.8. The highest BCUT2D eigenvalue weighted by Crippen LogP contribution is 2.34. The molecule has 2 saturated heterocycles. The smallest absolute Gasteiger partial charge is 0.235 e. The van der Waals surface area contributed by atoms with Gasteiger partial charge in [-0.15, -0.1) is 0 Å². The normalized spacial score (nSPS) is 19.9. The summed E-state index contributed by atoms with van der Waals surface area (Å²) in [6.45, 7) is 1.47. The fourth-order valence-electron chi connectivity index (χ4n) is 3.57. The van der Waals surface area contributed by atoms with Crippen LogP contribution in [-0.4, -0.2) is 50.1 Å². The SMILES string of the molecule is O=S1(=O)CCCN1c1ccc(Cl)c(C(O)Nc2cc(Cl)cc(N3CC(O)C3)c2)c1. The number of anilines is 3. The quantitative estimate of drug-likeness (QED) is 0.597. The monoisotopic (exact) mass is 457 g/mol. The molecule has 7 nitrogen and oxygen atoms in total. The van der Waals surface area contributed by atoms with Crippen molar-refractivity contribution in [1.29, 1.82) is 0 Å². The van der Waals surface area contributed by atoms with Gasteiger partial charge in [0, 0.05) is 46.6 Å². The van der Waals surface area contributed by atoms with Gasteiger partial charge >= 0.3 is 0 Å². The minimum atomic E-state index is -3.33. The van der Waals surface area contributed by atoms with Crippen LogP contribution < -0.4 is 14.5 Å². The van der Waals surface area contributed by atoms with Crippen LogP contribution in [-0.2, 0) is 10.0 Å². The Morgan fingerprint density at radius 3 is 2.52 bits per heavy atom. The van der Waals surface area contributed by atoms with Gasteiger partial charge in [0.2, 0.25) is 10.0 Å². The molecule has 10 heteroatoms. The van der Waals surface area contributed by atoms with Crippen LogP contribution in [0.2, 0.25) is 10.0 Å². The molecule has 2 aromatic rings. The average Bonchev–Trinajstić information content (AvgIpc) is 2.98. The molecule has 0 saturated carbocycles. The number of hydrogen-bond acceptors (Lipinski definition) is 6. The molecule has 156 valence electrons. The van der Waals surface area contributed by atoms with Gasteiger partial charge in [-0.2, -0.15) is 0 Å². The van der Waals surface area contributed by atoms with E-state index >= 15 is 0 Å². The van der Waals surface area contributed by atoms with Gasteiger partial charge in [-0.05, 0) is 42.8 Å². The highest BCUT2D eigenvalue weighted by atomic mass is 35.5. The van der Waals surface area contributed by atoms with Crippen molar-refractivity contribution in [1.82, 2.24) is 0 Å². The molecule has 2 aliphatic heterocycles. The predicted octanol–water partition coefficient (Wildman–Crippen LogP) is 2.82. The number of halogens is 2. The first-order valence-corrected chi connectivity index (χ1v) is 11.6. The summed E-state index contributed by atoms with van der Waals surface area (Å²) >= 11 is 12.5. The molecule has 0 aliphatic carbocycles. The molecule has 0 radical (unpaired) electrons. The lowest BCUT2D eigenvalue weighted by atomic mass is 10.1. The molecule has 1 unspecified atom stereocenters. The van der Waals surface area contributed by atoms with Crippen LogP contribution in [0.3, 0.4) is 0 Å². The summed E-state index contributed by atoms with van der Waals surface area (Å²) in [4.78, 5) is 1.97. The first kappa shape index (κ1) is 20.6. The summed E-state index contributed by atoms with van der Waals surface area (Å²) in [5.74, 6) is 0.113. The Bertz CT molecular complexity index is 1030. The molecule has 2 aromatic carbocycles. The number of sulfonamides is 1. The highest BCUT2D eigenvalue weighted by Gasteiger charge is 2.29. The van der Waals surface area contributed by atoms with Crippen LogP contribution >= 0.6 is 23.2 Å². The maximum absolute atomic E-state index is 12.2. The molecule has 0 spiro atoms. The molecular formula is C19H21Cl2N3O4S. The van der Waals surface area contributed by atoms with Crippen LogP contribution in [0.4, 0.5) is 17.1 Å². The van der Waals surface area contributed by atoms with E-state index < -0.39 is 16.3 Å². The standard InChI is InChI=1S/C19H21Cl2N3O4S/c20-12-6-13(8-15(7-12)23-10-16(25)11-23)22-19(26)17-9-14(2-3-18(17)21)24-4-1-5-29(24,27)28/h2-3,6-9,16,19,22,25-26H,1,4-5,10-11H2. The Morgan fingerprint density at radius 1 is 1.10 bits per heavy atom. The van der Waals surface area contributed by atoms with Crippen molar-refractivity contribution in [3.8, 4) is 0 Å². The molecule has 1 atom stereocenters. The summed E-state index contributed by atoms with van der Waals surface area (Å²) in [7, 11) is -3.33. The summed E-state index contributed by atoms with van der Waals surface area (Å²) in [6.07, 6.45) is -0.946. The van der Waals surface area contributed by atoms with Gasteiger partial charge in [-0.3, -0.25) is 4.31 Å². The van der Waals surface area contributed by atoms with E-state index in [0.29, 0.717) is 53.0 Å². The van der Waals surface area contributed by atoms with Gasteiger partial charge in [0.1, 0.15) is 0 Å². The predicted molar refractivity (Wildman–Crippen MR) is 115 cm³/mol. The Labute approximate surface area is 179 Å². The summed E-state index contributed by atoms with van der Waals surface area (Å²) in [5, 5.41) is 24.0. The minimum absolute atomic E-state index is 0.113. The second-order valence-electron chi connectivity index (χ2n) is 7.25. The van der Waals surface area contributed by atoms with E-state index in [1.54, 1.807) is 30.3 Å². The zero-order chi connectivity index (χ0) is 20.8. The third-order valence-electron chi connectivity index (χ3n) is 5.07. The number of nitrogens with one attached hydrogen (secondary N) is 1. The van der Waals surface area contributed by atoms with Crippen molar-refractivity contribution in [3.05, 3.63) is 52.0 Å². The summed E-state index contributed by atoms with van der Waals surface area (Å²) in [5.41, 5.74) is 2.26. The van der Waals surface area contributed by atoms with Crippen molar-refractivity contribution in [2.75, 3.05) is 39.9 Å². The number of nitrogens with zero attached hydrogens (tertiary/aromatic N) is 2. The van der Waals surface area contributed by atoms with Gasteiger partial charge in [0.05, 0.1) is 17.5 Å². The molecule has 0 amide bonds. The molecule has 2 heterocycles. The molecule has 0 bridgehead atoms. The van der Waals surface area contributed by atoms with E-state index in [4.69, 9.17) is 23.2 Å². The van der Waals surface area contributed by atoms with Gasteiger partial charge < -0.3 is 20.4 Å². The van der Waals surface area contributed by atoms with E-state index in [-0.39, 0.29) is 11.9 Å². The van der Waals surface area contributed by atoms with E-state index in [2.05, 4.69) is 5.32 Å². The Hall–Kier alpha value is -1.71. The largest absolute Gasteiger partial charge is 0.389 e. The third-order valence-corrected chi connectivity index (χ3v) is 7.51. The first-order valence-electron chi connectivity index (χ1n) is 9.21. The zero-order valence-electron chi connectivity index (χ0n) is 15.4. The molecule has 29 heavy (non-hydrogen) atoms. The number of benzene rings is 2. The van der Waals surface area contributed by atoms with Crippen molar-refractivity contribution >= 4 is 50.3 Å². The lowest BCUT2D eigenvalue weighted by Gasteiger charge is -2.38. The van der Waals surface area contributed by atoms with Crippen LogP contribution in [0.5, 0.6) is 0 Å². The van der Waals surface area contributed by atoms with E-state index in [1.165, 1.54) is 4.31 Å². The number of hydrogen-bond donors (Lipinski definition) is 3. The minimum Gasteiger partial charge on any atom is -0.389 e. The van der Waals surface area contributed by atoms with E-state index in [1.807, 2.05) is 11.0 Å². The average molecular weight is 458 g/mol. The molecule has 2 fully saturated rings. The third kappa shape index (κ3) is 4.27. The Morgan fingerprint density at radius 2 is 1.86 bits per heavy atom. The van der Waals surface area contributed by atoms with Crippen molar-refractivity contribution in [3.63, 3.8) is 0 Å². The molecule has 3 N–H and O–H groups in total. The summed E-state index contributed by atoms with van der Waals surface area (Å²) in [6, 6.07) is 10.1. The van der Waals surface area contributed by atoms with Crippen LogP contribution in [0.25, 0.3) is 0 Å². The molecule has 4 rings (SSSR count). The van der Waals surface area contributed by atoms with Crippen molar-refractivity contribution in [2.24, 2.45) is 0 Å². The second-order valence-corrected chi connectivity index (χ2v) is 10.1. The lowest BCUT2D eigenvalue weighted by Crippen LogP contribution is -2.50. The van der Waals surface area contributed by atoms with Crippen LogP contribution in [0.1, 0.15) is 18.2 Å². The Balaban J connectivity index is 1.57. The first-order chi connectivity index (χ1) is 13.7. The molecule has 0 aromatic heterocycles. The number of β-amino-alcohol motifs (C(OH)–C–C–N with tert-alkyl or cyclic N) is 1.